The van der Waals surface area contributed by atoms with Gasteiger partial charge in [-0.3, -0.25) is 19.7 Å². The summed E-state index contributed by atoms with van der Waals surface area (Å²) in [6, 6.07) is -1.35. The van der Waals surface area contributed by atoms with Crippen molar-refractivity contribution in [3.8, 4) is 0 Å². The van der Waals surface area contributed by atoms with E-state index in [4.69, 9.17) is 0 Å². The number of hydrogen-bond acceptors (Lipinski definition) is 4. The monoisotopic (exact) mass is 381 g/mol. The largest absolute Gasteiger partial charge is 0.300 e. The molecule has 0 aromatic rings. The number of Topliss-reactive ketones (excluding diaryl/α,β-unsaturated/α-hetero) is 2. The molecular formula is C22H39NO4. The molecule has 0 amide bonds. The summed E-state index contributed by atoms with van der Waals surface area (Å²) in [6.45, 7) is 3.52. The molecule has 27 heavy (non-hydrogen) atoms. The van der Waals surface area contributed by atoms with Crippen molar-refractivity contribution in [3.05, 3.63) is 22.3 Å². The molecule has 0 fully saturated rings. The third-order valence-electron chi connectivity index (χ3n) is 4.79. The zero-order chi connectivity index (χ0) is 20.3. The fraction of sp³-hybridized carbons (Fsp3) is 0.818. The maximum atomic E-state index is 11.9. The van der Waals surface area contributed by atoms with Crippen molar-refractivity contribution < 1.29 is 14.5 Å². The van der Waals surface area contributed by atoms with Crippen LogP contribution >= 0.6 is 0 Å². The van der Waals surface area contributed by atoms with Crippen LogP contribution in [0.25, 0.3) is 0 Å². The zero-order valence-corrected chi connectivity index (χ0v) is 17.4. The van der Waals surface area contributed by atoms with Crippen LogP contribution in [0, 0.1) is 10.1 Å². The van der Waals surface area contributed by atoms with E-state index in [1.165, 1.54) is 51.9 Å². The van der Waals surface area contributed by atoms with Gasteiger partial charge in [0.2, 0.25) is 5.78 Å². The molecule has 0 saturated heterocycles. The Kier molecular flexibility index (Phi) is 16.9. The van der Waals surface area contributed by atoms with Crippen LogP contribution in [0.3, 0.4) is 0 Å². The summed E-state index contributed by atoms with van der Waals surface area (Å²) >= 11 is 0. The van der Waals surface area contributed by atoms with Gasteiger partial charge in [0, 0.05) is 11.3 Å². The van der Waals surface area contributed by atoms with E-state index in [1.54, 1.807) is 0 Å². The van der Waals surface area contributed by atoms with Gasteiger partial charge in [0.15, 0.2) is 0 Å². The third-order valence-corrected chi connectivity index (χ3v) is 4.79. The average molecular weight is 382 g/mol. The Balaban J connectivity index is 3.53. The minimum atomic E-state index is -1.35. The molecule has 0 spiro atoms. The minimum absolute atomic E-state index is 0.205. The van der Waals surface area contributed by atoms with Gasteiger partial charge in [-0.1, -0.05) is 70.4 Å². The van der Waals surface area contributed by atoms with Crippen LogP contribution in [-0.4, -0.2) is 22.5 Å². The molecule has 1 unspecified atom stereocenters. The number of unbranched alkanes of at least 4 members (excludes halogenated alkanes) is 11. The van der Waals surface area contributed by atoms with Crippen LogP contribution in [0.15, 0.2) is 12.2 Å². The van der Waals surface area contributed by atoms with Crippen LogP contribution in [0.5, 0.6) is 0 Å². The van der Waals surface area contributed by atoms with E-state index >= 15 is 0 Å². The first kappa shape index (κ1) is 25.5. The summed E-state index contributed by atoms with van der Waals surface area (Å²) in [5.74, 6) is -0.720. The molecule has 1 atom stereocenters. The van der Waals surface area contributed by atoms with Crippen LogP contribution in [-0.2, 0) is 9.59 Å². The maximum Gasteiger partial charge on any atom is 0.277 e. The SMILES string of the molecule is CCCCCCCC/C=C\CCCCCCCC(=O)C(CC(C)=O)[N+](=O)[O-]. The first-order chi connectivity index (χ1) is 13.0. The Morgan fingerprint density at radius 3 is 1.81 bits per heavy atom. The Morgan fingerprint density at radius 1 is 0.852 bits per heavy atom. The summed E-state index contributed by atoms with van der Waals surface area (Å²) in [7, 11) is 0. The Bertz CT molecular complexity index is 446. The quantitative estimate of drug-likeness (QED) is 0.115. The maximum absolute atomic E-state index is 11.9. The molecule has 156 valence electrons. The normalized spacial score (nSPS) is 12.4. The number of carbonyl (C=O) groups is 2. The van der Waals surface area contributed by atoms with Gasteiger partial charge in [0.25, 0.3) is 6.04 Å². The lowest BCUT2D eigenvalue weighted by Gasteiger charge is -2.06. The van der Waals surface area contributed by atoms with Crippen molar-refractivity contribution >= 4 is 11.6 Å². The number of ketones is 2. The molecule has 0 N–H and O–H groups in total. The average Bonchev–Trinajstić information content (AvgIpc) is 2.62. The summed E-state index contributed by atoms with van der Waals surface area (Å²) in [6.07, 6.45) is 19.7. The van der Waals surface area contributed by atoms with Crippen molar-refractivity contribution in [3.63, 3.8) is 0 Å². The van der Waals surface area contributed by atoms with Gasteiger partial charge in [-0.15, -0.1) is 0 Å². The molecule has 0 aromatic heterocycles. The fourth-order valence-corrected chi connectivity index (χ4v) is 3.11. The highest BCUT2D eigenvalue weighted by molar-refractivity contribution is 5.88. The first-order valence-corrected chi connectivity index (χ1v) is 10.8. The standard InChI is InChI=1S/C22H39NO4/c1-3-4-5-6-7-8-9-10-11-12-13-14-15-16-17-18-22(25)21(23(26)27)19-20(2)24/h10-11,21H,3-9,12-19H2,1-2H3/b11-10-. The predicted octanol–water partition coefficient (Wildman–Crippen LogP) is 6.22. The topological polar surface area (TPSA) is 77.3 Å². The van der Waals surface area contributed by atoms with Crippen LogP contribution in [0.2, 0.25) is 0 Å². The van der Waals surface area contributed by atoms with Gasteiger partial charge in [-0.2, -0.15) is 0 Å². The van der Waals surface area contributed by atoms with Gasteiger partial charge < -0.3 is 0 Å². The number of rotatable bonds is 19. The van der Waals surface area contributed by atoms with E-state index in [1.807, 2.05) is 0 Å². The van der Waals surface area contributed by atoms with Crippen LogP contribution in [0.1, 0.15) is 110 Å². The second-order valence-corrected chi connectivity index (χ2v) is 7.51. The lowest BCUT2D eigenvalue weighted by Crippen LogP contribution is -2.31. The highest BCUT2D eigenvalue weighted by Gasteiger charge is 2.29. The second-order valence-electron chi connectivity index (χ2n) is 7.51. The van der Waals surface area contributed by atoms with Gasteiger partial charge in [-0.05, 0) is 39.0 Å². The summed E-state index contributed by atoms with van der Waals surface area (Å²) < 4.78 is 0. The smallest absolute Gasteiger partial charge is 0.277 e. The number of carbonyl (C=O) groups excluding carboxylic acids is 2. The van der Waals surface area contributed by atoms with Crippen molar-refractivity contribution in [1.82, 2.24) is 0 Å². The molecule has 0 aromatic carbocycles. The van der Waals surface area contributed by atoms with Gasteiger partial charge >= 0.3 is 0 Å². The fourth-order valence-electron chi connectivity index (χ4n) is 3.11. The lowest BCUT2D eigenvalue weighted by molar-refractivity contribution is -0.506. The summed E-state index contributed by atoms with van der Waals surface area (Å²) in [5.41, 5.74) is 0. The van der Waals surface area contributed by atoms with Crippen molar-refractivity contribution in [1.29, 1.82) is 0 Å². The summed E-state index contributed by atoms with van der Waals surface area (Å²) in [5, 5.41) is 10.9. The van der Waals surface area contributed by atoms with Gasteiger partial charge in [-0.25, -0.2) is 0 Å². The molecule has 0 aliphatic rings. The molecular weight excluding hydrogens is 342 g/mol. The highest BCUT2D eigenvalue weighted by atomic mass is 16.6. The third kappa shape index (κ3) is 16.4. The van der Waals surface area contributed by atoms with Crippen molar-refractivity contribution in [2.75, 3.05) is 0 Å². The molecule has 0 bridgehead atoms. The molecule has 0 rings (SSSR count). The van der Waals surface area contributed by atoms with E-state index in [0.29, 0.717) is 6.42 Å². The Morgan fingerprint density at radius 2 is 1.33 bits per heavy atom. The lowest BCUT2D eigenvalue weighted by atomic mass is 10.0. The molecule has 0 radical (unpaired) electrons. The molecule has 0 saturated carbocycles. The van der Waals surface area contributed by atoms with Crippen LogP contribution < -0.4 is 0 Å². The van der Waals surface area contributed by atoms with E-state index in [-0.39, 0.29) is 18.6 Å². The Labute approximate surface area is 165 Å². The van der Waals surface area contributed by atoms with Gasteiger partial charge in [0.1, 0.15) is 5.78 Å². The second kappa shape index (κ2) is 17.9. The predicted molar refractivity (Wildman–Crippen MR) is 111 cm³/mol. The van der Waals surface area contributed by atoms with E-state index < -0.39 is 16.7 Å². The molecule has 0 aliphatic heterocycles. The summed E-state index contributed by atoms with van der Waals surface area (Å²) in [4.78, 5) is 33.1. The Hall–Kier alpha value is -1.52. The molecule has 5 nitrogen and oxygen atoms in total. The van der Waals surface area contributed by atoms with E-state index in [0.717, 1.165) is 32.1 Å². The zero-order valence-electron chi connectivity index (χ0n) is 17.4. The number of nitro groups is 1. The van der Waals surface area contributed by atoms with Gasteiger partial charge in [0.05, 0.1) is 6.42 Å². The van der Waals surface area contributed by atoms with E-state index in [2.05, 4.69) is 19.1 Å². The number of hydrogen-bond donors (Lipinski definition) is 0. The van der Waals surface area contributed by atoms with Crippen molar-refractivity contribution in [2.24, 2.45) is 0 Å². The number of nitrogens with zero attached hydrogens (tertiary/aromatic N) is 1. The van der Waals surface area contributed by atoms with Crippen LogP contribution in [0.4, 0.5) is 0 Å². The molecule has 5 heteroatoms. The van der Waals surface area contributed by atoms with E-state index in [9.17, 15) is 19.7 Å². The number of allylic oxidation sites excluding steroid dienone is 2. The highest BCUT2D eigenvalue weighted by Crippen LogP contribution is 2.12. The first-order valence-electron chi connectivity index (χ1n) is 10.8. The molecule has 0 heterocycles. The minimum Gasteiger partial charge on any atom is -0.300 e. The van der Waals surface area contributed by atoms with Crippen molar-refractivity contribution in [2.45, 2.75) is 116 Å². The molecule has 0 aliphatic carbocycles.